The van der Waals surface area contributed by atoms with Gasteiger partial charge in [0.1, 0.15) is 0 Å². The number of hydrogen-bond donors (Lipinski definition) is 1. The van der Waals surface area contributed by atoms with E-state index >= 15 is 0 Å². The monoisotopic (exact) mass is 335 g/mol. The zero-order valence-corrected chi connectivity index (χ0v) is 14.6. The molecule has 8 heteroatoms. The van der Waals surface area contributed by atoms with Crippen molar-refractivity contribution >= 4 is 17.8 Å². The number of hydrogen-bond acceptors (Lipinski definition) is 5. The summed E-state index contributed by atoms with van der Waals surface area (Å²) in [6.45, 7) is 8.30. The first-order chi connectivity index (χ1) is 9.44. The molecule has 0 heterocycles. The fraction of sp³-hybridized carbons (Fsp3) is 0.538. The van der Waals surface area contributed by atoms with Crippen LogP contribution in [0.1, 0.15) is 34.6 Å². The first-order valence-corrected chi connectivity index (χ1v) is 9.54. The Bertz CT molecular complexity index is 607. The first-order valence-electron chi connectivity index (χ1n) is 6.52. The SMILES string of the molecule is CC(C)OP(=O)(NS(=O)(=O)c1ccccc1)OC(C)(C)C. The first kappa shape index (κ1) is 18.3. The lowest BCUT2D eigenvalue weighted by Crippen LogP contribution is -2.29. The Labute approximate surface area is 126 Å². The van der Waals surface area contributed by atoms with E-state index in [0.717, 1.165) is 0 Å². The molecule has 0 aliphatic rings. The summed E-state index contributed by atoms with van der Waals surface area (Å²) in [6.07, 6.45) is -0.461. The molecule has 1 aromatic rings. The molecule has 6 nitrogen and oxygen atoms in total. The minimum Gasteiger partial charge on any atom is -0.293 e. The summed E-state index contributed by atoms with van der Waals surface area (Å²) in [7, 11) is -8.02. The molecule has 0 bridgehead atoms. The maximum Gasteiger partial charge on any atom is 0.420 e. The molecule has 1 atom stereocenters. The van der Waals surface area contributed by atoms with Crippen LogP contribution in [-0.4, -0.2) is 20.1 Å². The fourth-order valence-electron chi connectivity index (χ4n) is 1.50. The van der Waals surface area contributed by atoms with Crippen molar-refractivity contribution in [3.05, 3.63) is 30.3 Å². The van der Waals surface area contributed by atoms with Crippen molar-refractivity contribution in [3.63, 3.8) is 0 Å². The number of sulfonamides is 1. The standard InChI is InChI=1S/C13H22NO5PS/c1-11(2)18-20(15,19-13(3,4)5)14-21(16,17)12-9-7-6-8-10-12/h6-11H,1-5H3,(H,14,15). The van der Waals surface area contributed by atoms with Gasteiger partial charge in [-0.3, -0.25) is 9.05 Å². The molecular weight excluding hydrogens is 313 g/mol. The molecule has 0 amide bonds. The molecule has 120 valence electrons. The van der Waals surface area contributed by atoms with Crippen molar-refractivity contribution in [3.8, 4) is 0 Å². The van der Waals surface area contributed by atoms with Gasteiger partial charge >= 0.3 is 7.75 Å². The molecule has 0 spiro atoms. The van der Waals surface area contributed by atoms with Crippen LogP contribution in [0.4, 0.5) is 0 Å². The summed E-state index contributed by atoms with van der Waals surface area (Å²) in [4.78, 5) is -0.00455. The maximum absolute atomic E-state index is 12.7. The van der Waals surface area contributed by atoms with Gasteiger partial charge < -0.3 is 0 Å². The van der Waals surface area contributed by atoms with Gasteiger partial charge in [-0.2, -0.15) is 0 Å². The second kappa shape index (κ2) is 6.58. The quantitative estimate of drug-likeness (QED) is 0.807. The highest BCUT2D eigenvalue weighted by Gasteiger charge is 2.37. The molecule has 0 saturated carbocycles. The average molecular weight is 335 g/mol. The minimum atomic E-state index is -4.02. The van der Waals surface area contributed by atoms with E-state index in [4.69, 9.17) is 9.05 Å². The molecule has 0 radical (unpaired) electrons. The van der Waals surface area contributed by atoms with Gasteiger partial charge in [0.25, 0.3) is 0 Å². The van der Waals surface area contributed by atoms with E-state index in [2.05, 4.69) is 4.49 Å². The topological polar surface area (TPSA) is 81.7 Å². The lowest BCUT2D eigenvalue weighted by Gasteiger charge is -2.28. The predicted molar refractivity (Wildman–Crippen MR) is 81.4 cm³/mol. The predicted octanol–water partition coefficient (Wildman–Crippen LogP) is 3.31. The van der Waals surface area contributed by atoms with Gasteiger partial charge in [-0.05, 0) is 46.8 Å². The zero-order valence-electron chi connectivity index (χ0n) is 12.9. The number of benzene rings is 1. The third-order valence-corrected chi connectivity index (χ3v) is 6.27. The molecule has 0 fully saturated rings. The Morgan fingerprint density at radius 3 is 2.10 bits per heavy atom. The summed E-state index contributed by atoms with van der Waals surface area (Å²) >= 11 is 0. The van der Waals surface area contributed by atoms with Gasteiger partial charge in [-0.25, -0.2) is 13.0 Å². The van der Waals surface area contributed by atoms with E-state index in [9.17, 15) is 13.0 Å². The zero-order chi connectivity index (χ0) is 16.3. The maximum atomic E-state index is 12.7. The Morgan fingerprint density at radius 2 is 1.67 bits per heavy atom. The Kier molecular flexibility index (Phi) is 5.75. The van der Waals surface area contributed by atoms with Crippen LogP contribution in [0.25, 0.3) is 0 Å². The molecule has 0 aliphatic heterocycles. The number of nitrogens with one attached hydrogen (secondary N) is 1. The van der Waals surface area contributed by atoms with Gasteiger partial charge in [0.2, 0.25) is 10.0 Å². The highest BCUT2D eigenvalue weighted by atomic mass is 32.2. The third-order valence-electron chi connectivity index (χ3n) is 2.03. The molecule has 1 rings (SSSR count). The third kappa shape index (κ3) is 6.28. The number of rotatable bonds is 6. The normalized spacial score (nSPS) is 15.9. The van der Waals surface area contributed by atoms with Crippen LogP contribution in [0.15, 0.2) is 35.2 Å². The Balaban J connectivity index is 3.10. The van der Waals surface area contributed by atoms with Crippen LogP contribution in [0, 0.1) is 0 Å². The highest BCUT2D eigenvalue weighted by molar-refractivity contribution is 7.94. The van der Waals surface area contributed by atoms with E-state index < -0.39 is 29.5 Å². The second-order valence-corrected chi connectivity index (χ2v) is 9.36. The average Bonchev–Trinajstić information content (AvgIpc) is 2.24. The molecule has 0 aromatic heterocycles. The van der Waals surface area contributed by atoms with Crippen molar-refractivity contribution in [1.29, 1.82) is 0 Å². The van der Waals surface area contributed by atoms with Crippen molar-refractivity contribution in [2.45, 2.75) is 51.2 Å². The summed E-state index contributed by atoms with van der Waals surface area (Å²) in [5.74, 6) is 0. The van der Waals surface area contributed by atoms with Gasteiger partial charge in [-0.15, -0.1) is 4.49 Å². The van der Waals surface area contributed by atoms with Crippen molar-refractivity contribution in [2.24, 2.45) is 0 Å². The van der Waals surface area contributed by atoms with Gasteiger partial charge in [0, 0.05) is 0 Å². The Morgan fingerprint density at radius 1 is 1.14 bits per heavy atom. The largest absolute Gasteiger partial charge is 0.420 e. The van der Waals surface area contributed by atoms with Crippen LogP contribution in [0.5, 0.6) is 0 Å². The van der Waals surface area contributed by atoms with Crippen molar-refractivity contribution in [1.82, 2.24) is 4.49 Å². The fourth-order valence-corrected chi connectivity index (χ4v) is 5.25. The van der Waals surface area contributed by atoms with Crippen molar-refractivity contribution < 1.29 is 22.0 Å². The molecule has 21 heavy (non-hydrogen) atoms. The second-order valence-electron chi connectivity index (χ2n) is 5.76. The lowest BCUT2D eigenvalue weighted by atomic mass is 10.2. The van der Waals surface area contributed by atoms with E-state index in [-0.39, 0.29) is 4.90 Å². The molecule has 0 aliphatic carbocycles. The van der Waals surface area contributed by atoms with E-state index in [0.29, 0.717) is 0 Å². The smallest absolute Gasteiger partial charge is 0.293 e. The van der Waals surface area contributed by atoms with Crippen LogP contribution >= 0.6 is 7.75 Å². The van der Waals surface area contributed by atoms with Crippen LogP contribution in [-0.2, 0) is 23.6 Å². The van der Waals surface area contributed by atoms with Gasteiger partial charge in [-0.1, -0.05) is 18.2 Å². The van der Waals surface area contributed by atoms with E-state index in [1.54, 1.807) is 52.8 Å². The Hall–Kier alpha value is -0.720. The molecular formula is C13H22NO5PS. The summed E-state index contributed by atoms with van der Waals surface area (Å²) in [5, 5.41) is 0. The summed E-state index contributed by atoms with van der Waals surface area (Å²) < 4.78 is 49.8. The molecule has 1 aromatic carbocycles. The molecule has 1 unspecified atom stereocenters. The minimum absolute atomic E-state index is 0.00455. The molecule has 1 N–H and O–H groups in total. The van der Waals surface area contributed by atoms with E-state index in [1.807, 2.05) is 0 Å². The van der Waals surface area contributed by atoms with Crippen LogP contribution < -0.4 is 4.49 Å². The lowest BCUT2D eigenvalue weighted by molar-refractivity contribution is 0.0802. The van der Waals surface area contributed by atoms with Crippen LogP contribution in [0.2, 0.25) is 0 Å². The van der Waals surface area contributed by atoms with Gasteiger partial charge in [0.15, 0.2) is 0 Å². The van der Waals surface area contributed by atoms with Gasteiger partial charge in [0.05, 0.1) is 16.6 Å². The highest BCUT2D eigenvalue weighted by Crippen LogP contribution is 2.49. The molecule has 0 saturated heterocycles. The summed E-state index contributed by atoms with van der Waals surface area (Å²) in [6, 6.07) is 7.65. The van der Waals surface area contributed by atoms with Crippen LogP contribution in [0.3, 0.4) is 0 Å². The van der Waals surface area contributed by atoms with E-state index in [1.165, 1.54) is 12.1 Å². The van der Waals surface area contributed by atoms with Crippen molar-refractivity contribution in [2.75, 3.05) is 0 Å². The summed E-state index contributed by atoms with van der Waals surface area (Å²) in [5.41, 5.74) is -0.830.